The van der Waals surface area contributed by atoms with Gasteiger partial charge in [-0.2, -0.15) is 5.26 Å². The number of hydrogen-bond donors (Lipinski definition) is 1. The summed E-state index contributed by atoms with van der Waals surface area (Å²) in [6.07, 6.45) is 1.47. The number of nitro benzene ring substituents is 1. The van der Waals surface area contributed by atoms with Gasteiger partial charge in [0.05, 0.1) is 22.5 Å². The van der Waals surface area contributed by atoms with Gasteiger partial charge < -0.3 is 14.8 Å². The number of rotatable bonds is 9. The van der Waals surface area contributed by atoms with Crippen LogP contribution in [0.2, 0.25) is 0 Å². The lowest BCUT2D eigenvalue weighted by molar-refractivity contribution is -0.384. The lowest BCUT2D eigenvalue weighted by Gasteiger charge is -2.15. The van der Waals surface area contributed by atoms with E-state index in [1.165, 1.54) is 25.3 Å². The van der Waals surface area contributed by atoms with Crippen LogP contribution in [-0.4, -0.2) is 17.9 Å². The second kappa shape index (κ2) is 11.8. The topological polar surface area (TPSA) is 114 Å². The second-order valence-electron chi connectivity index (χ2n) is 7.52. The first-order valence-electron chi connectivity index (χ1n) is 10.5. The number of methoxy groups -OCH3 is 1. The molecule has 3 aromatic rings. The molecular weight excluding hydrogens is 514 g/mol. The zero-order chi connectivity index (χ0) is 25.4. The van der Waals surface area contributed by atoms with Crippen LogP contribution in [0.25, 0.3) is 6.08 Å². The van der Waals surface area contributed by atoms with Gasteiger partial charge in [-0.3, -0.25) is 14.9 Å². The molecular formula is C26H22BrN3O5. The summed E-state index contributed by atoms with van der Waals surface area (Å²) in [4.78, 5) is 23.0. The fourth-order valence-corrected chi connectivity index (χ4v) is 3.82. The number of nitriles is 1. The van der Waals surface area contributed by atoms with Crippen LogP contribution in [0.3, 0.4) is 0 Å². The molecule has 0 unspecified atom stereocenters. The highest BCUT2D eigenvalue weighted by atomic mass is 79.9. The summed E-state index contributed by atoms with van der Waals surface area (Å²) in [5, 5.41) is 23.2. The summed E-state index contributed by atoms with van der Waals surface area (Å²) in [5.41, 5.74) is 2.18. The lowest BCUT2D eigenvalue weighted by atomic mass is 10.1. The molecule has 0 aliphatic carbocycles. The van der Waals surface area contributed by atoms with Gasteiger partial charge in [0.2, 0.25) is 0 Å². The number of carbonyl (C=O) groups is 1. The maximum atomic E-state index is 12.7. The van der Waals surface area contributed by atoms with E-state index >= 15 is 0 Å². The maximum Gasteiger partial charge on any atom is 0.269 e. The molecule has 0 aliphatic heterocycles. The molecule has 0 radical (unpaired) electrons. The highest BCUT2D eigenvalue weighted by Gasteiger charge is 2.16. The van der Waals surface area contributed by atoms with Crippen molar-refractivity contribution >= 4 is 33.6 Å². The number of carbonyl (C=O) groups excluding carboxylic acids is 1. The van der Waals surface area contributed by atoms with Crippen LogP contribution in [0.15, 0.2) is 76.8 Å². The van der Waals surface area contributed by atoms with Crippen LogP contribution in [0.5, 0.6) is 11.5 Å². The van der Waals surface area contributed by atoms with Crippen LogP contribution >= 0.6 is 15.9 Å². The summed E-state index contributed by atoms with van der Waals surface area (Å²) < 4.78 is 11.9. The van der Waals surface area contributed by atoms with Gasteiger partial charge in [-0.1, -0.05) is 30.3 Å². The van der Waals surface area contributed by atoms with Crippen molar-refractivity contribution in [2.45, 2.75) is 19.6 Å². The Bertz CT molecular complexity index is 1280. The normalized spacial score (nSPS) is 11.8. The molecule has 0 heterocycles. The molecule has 0 saturated carbocycles. The lowest BCUT2D eigenvalue weighted by Crippen LogP contribution is -2.27. The number of non-ortho nitro benzene ring substituents is 1. The Hall–Kier alpha value is -4.16. The van der Waals surface area contributed by atoms with Crippen LogP contribution in [0, 0.1) is 21.4 Å². The van der Waals surface area contributed by atoms with Gasteiger partial charge in [-0.25, -0.2) is 0 Å². The van der Waals surface area contributed by atoms with Gasteiger partial charge in [0.1, 0.15) is 18.2 Å². The minimum Gasteiger partial charge on any atom is -0.493 e. The number of amides is 1. The molecule has 1 atom stereocenters. The molecule has 8 nitrogen and oxygen atoms in total. The molecule has 0 bridgehead atoms. The van der Waals surface area contributed by atoms with Gasteiger partial charge in [0.25, 0.3) is 11.6 Å². The highest BCUT2D eigenvalue weighted by Crippen LogP contribution is 2.38. The van der Waals surface area contributed by atoms with E-state index in [-0.39, 0.29) is 23.9 Å². The molecule has 3 rings (SSSR count). The second-order valence-corrected chi connectivity index (χ2v) is 8.38. The SMILES string of the molecule is COc1cc(/C=C(/C#N)C(=O)N[C@H](C)c2ccccc2)cc(Br)c1OCc1ccc([N+](=O)[O-])cc1. The molecule has 9 heteroatoms. The van der Waals surface area contributed by atoms with E-state index in [1.807, 2.05) is 43.3 Å². The minimum absolute atomic E-state index is 0.000789. The van der Waals surface area contributed by atoms with Crippen LogP contribution in [0.4, 0.5) is 5.69 Å². The average Bonchev–Trinajstić information content (AvgIpc) is 2.86. The van der Waals surface area contributed by atoms with Gasteiger partial charge in [-0.05, 0) is 69.9 Å². The first-order valence-corrected chi connectivity index (χ1v) is 11.3. The van der Waals surface area contributed by atoms with E-state index < -0.39 is 10.8 Å². The summed E-state index contributed by atoms with van der Waals surface area (Å²) in [6.45, 7) is 2.00. The Morgan fingerprint density at radius 2 is 1.89 bits per heavy atom. The molecule has 0 saturated heterocycles. The van der Waals surface area contributed by atoms with E-state index in [2.05, 4.69) is 21.2 Å². The van der Waals surface area contributed by atoms with E-state index in [4.69, 9.17) is 9.47 Å². The smallest absolute Gasteiger partial charge is 0.269 e. The summed E-state index contributed by atoms with van der Waals surface area (Å²) >= 11 is 3.46. The van der Waals surface area contributed by atoms with Gasteiger partial charge in [0.15, 0.2) is 11.5 Å². The summed E-state index contributed by atoms with van der Waals surface area (Å²) in [7, 11) is 1.48. The number of hydrogen-bond acceptors (Lipinski definition) is 6. The molecule has 0 spiro atoms. The summed E-state index contributed by atoms with van der Waals surface area (Å²) in [6, 6.07) is 20.6. The average molecular weight is 536 g/mol. The first kappa shape index (κ1) is 25.5. The predicted octanol–water partition coefficient (Wildman–Crippen LogP) is 5.73. The van der Waals surface area contributed by atoms with Crippen LogP contribution in [-0.2, 0) is 11.4 Å². The predicted molar refractivity (Wildman–Crippen MR) is 135 cm³/mol. The Morgan fingerprint density at radius 1 is 1.20 bits per heavy atom. The van der Waals surface area contributed by atoms with Crippen molar-refractivity contribution in [2.75, 3.05) is 7.11 Å². The largest absolute Gasteiger partial charge is 0.493 e. The van der Waals surface area contributed by atoms with Crippen LogP contribution in [0.1, 0.15) is 29.7 Å². The zero-order valence-corrected chi connectivity index (χ0v) is 20.6. The fraction of sp³-hybridized carbons (Fsp3) is 0.154. The van der Waals surface area contributed by atoms with Gasteiger partial charge >= 0.3 is 0 Å². The fourth-order valence-electron chi connectivity index (χ4n) is 3.25. The standard InChI is InChI=1S/C26H22BrN3O5/c1-17(20-6-4-3-5-7-20)29-26(31)21(15-28)12-19-13-23(27)25(24(14-19)34-2)35-16-18-8-10-22(11-9-18)30(32)33/h3-14,17H,16H2,1-2H3,(H,29,31)/b21-12-/t17-/m1/s1. The zero-order valence-electron chi connectivity index (χ0n) is 19.0. The Kier molecular flexibility index (Phi) is 8.59. The third-order valence-corrected chi connectivity index (χ3v) is 5.69. The molecule has 0 aliphatic rings. The van der Waals surface area contributed by atoms with Crippen LogP contribution < -0.4 is 14.8 Å². The number of ether oxygens (including phenoxy) is 2. The van der Waals surface area contributed by atoms with E-state index in [9.17, 15) is 20.2 Å². The maximum absolute atomic E-state index is 12.7. The number of nitrogens with zero attached hydrogens (tertiary/aromatic N) is 2. The highest BCUT2D eigenvalue weighted by molar-refractivity contribution is 9.10. The number of benzene rings is 3. The number of halogens is 1. The quantitative estimate of drug-likeness (QED) is 0.162. The monoisotopic (exact) mass is 535 g/mol. The Balaban J connectivity index is 1.77. The minimum atomic E-state index is -0.488. The van der Waals surface area contributed by atoms with Crippen molar-refractivity contribution in [3.8, 4) is 17.6 Å². The summed E-state index contributed by atoms with van der Waals surface area (Å²) in [5.74, 6) is 0.323. The first-order chi connectivity index (χ1) is 16.8. The van der Waals surface area contributed by atoms with Gasteiger partial charge in [0, 0.05) is 12.1 Å². The third-order valence-electron chi connectivity index (χ3n) is 5.11. The number of nitro groups is 1. The molecule has 178 valence electrons. The Morgan fingerprint density at radius 3 is 2.49 bits per heavy atom. The van der Waals surface area contributed by atoms with E-state index in [0.29, 0.717) is 21.5 Å². The van der Waals surface area contributed by atoms with Crippen molar-refractivity contribution in [2.24, 2.45) is 0 Å². The van der Waals surface area contributed by atoms with Crippen molar-refractivity contribution in [1.29, 1.82) is 5.26 Å². The van der Waals surface area contributed by atoms with Crippen molar-refractivity contribution < 1.29 is 19.2 Å². The van der Waals surface area contributed by atoms with Crippen molar-refractivity contribution in [1.82, 2.24) is 5.32 Å². The Labute approximate surface area is 211 Å². The molecule has 0 aromatic heterocycles. The van der Waals surface area contributed by atoms with Crippen molar-refractivity contribution in [3.63, 3.8) is 0 Å². The third kappa shape index (κ3) is 6.68. The van der Waals surface area contributed by atoms with Crippen molar-refractivity contribution in [3.05, 3.63) is 104 Å². The molecule has 0 fully saturated rings. The van der Waals surface area contributed by atoms with Gasteiger partial charge in [-0.15, -0.1) is 0 Å². The number of nitrogens with one attached hydrogen (secondary N) is 1. The van der Waals surface area contributed by atoms with E-state index in [0.717, 1.165) is 11.1 Å². The molecule has 35 heavy (non-hydrogen) atoms. The molecule has 3 aromatic carbocycles. The molecule has 1 amide bonds. The molecule has 1 N–H and O–H groups in total. The van der Waals surface area contributed by atoms with E-state index in [1.54, 1.807) is 24.3 Å².